The number of aldehydes is 1. The molecule has 0 saturated carbocycles. The van der Waals surface area contributed by atoms with Crippen LogP contribution in [-0.4, -0.2) is 17.2 Å². The molecule has 0 bridgehead atoms. The van der Waals surface area contributed by atoms with Crippen LogP contribution >= 0.6 is 11.6 Å². The number of carbonyl (C=O) groups excluding carboxylic acids is 2. The number of halogens is 1. The fourth-order valence-electron chi connectivity index (χ4n) is 1.78. The lowest BCUT2D eigenvalue weighted by molar-refractivity contribution is 0.104. The molecule has 4 heteroatoms. The molecule has 21 heavy (non-hydrogen) atoms. The minimum Gasteiger partial charge on any atom is -0.507 e. The summed E-state index contributed by atoms with van der Waals surface area (Å²) in [6, 6.07) is 9.66. The van der Waals surface area contributed by atoms with Gasteiger partial charge in [0.1, 0.15) is 5.75 Å². The van der Waals surface area contributed by atoms with E-state index in [1.807, 2.05) is 19.1 Å². The highest BCUT2D eigenvalue weighted by atomic mass is 35.5. The molecule has 0 heterocycles. The van der Waals surface area contributed by atoms with Crippen LogP contribution in [0.5, 0.6) is 5.75 Å². The maximum atomic E-state index is 12.0. The van der Waals surface area contributed by atoms with Gasteiger partial charge in [0.25, 0.3) is 0 Å². The third-order valence-corrected chi connectivity index (χ3v) is 3.47. The van der Waals surface area contributed by atoms with Crippen molar-refractivity contribution >= 4 is 29.7 Å². The quantitative estimate of drug-likeness (QED) is 0.526. The van der Waals surface area contributed by atoms with Crippen molar-refractivity contribution in [2.45, 2.75) is 6.92 Å². The first-order chi connectivity index (χ1) is 10.0. The van der Waals surface area contributed by atoms with Crippen LogP contribution < -0.4 is 0 Å². The second-order valence-corrected chi connectivity index (χ2v) is 5.00. The number of phenols is 1. The minimum atomic E-state index is -0.255. The Labute approximate surface area is 127 Å². The van der Waals surface area contributed by atoms with E-state index in [2.05, 4.69) is 0 Å². The number of hydrogen-bond donors (Lipinski definition) is 1. The minimum absolute atomic E-state index is 0.0904. The molecule has 0 spiro atoms. The van der Waals surface area contributed by atoms with Gasteiger partial charge in [0.2, 0.25) is 0 Å². The summed E-state index contributed by atoms with van der Waals surface area (Å²) in [5.41, 5.74) is 2.21. The van der Waals surface area contributed by atoms with Crippen LogP contribution in [0.15, 0.2) is 42.5 Å². The number of rotatable bonds is 4. The van der Waals surface area contributed by atoms with E-state index < -0.39 is 0 Å². The van der Waals surface area contributed by atoms with Crippen molar-refractivity contribution in [2.24, 2.45) is 0 Å². The van der Waals surface area contributed by atoms with Crippen molar-refractivity contribution in [3.63, 3.8) is 0 Å². The molecule has 2 aromatic rings. The highest BCUT2D eigenvalue weighted by Crippen LogP contribution is 2.19. The van der Waals surface area contributed by atoms with Crippen LogP contribution in [0.4, 0.5) is 0 Å². The van der Waals surface area contributed by atoms with Crippen molar-refractivity contribution in [1.82, 2.24) is 0 Å². The molecule has 0 aliphatic heterocycles. The van der Waals surface area contributed by atoms with Crippen LogP contribution in [0.1, 0.15) is 31.8 Å². The van der Waals surface area contributed by atoms with Gasteiger partial charge < -0.3 is 5.11 Å². The number of ketones is 1. The Balaban J connectivity index is 2.22. The van der Waals surface area contributed by atoms with E-state index in [4.69, 9.17) is 11.6 Å². The van der Waals surface area contributed by atoms with Crippen molar-refractivity contribution in [1.29, 1.82) is 0 Å². The Morgan fingerprint density at radius 2 is 1.95 bits per heavy atom. The Hall–Kier alpha value is -2.39. The van der Waals surface area contributed by atoms with E-state index >= 15 is 0 Å². The Kier molecular flexibility index (Phi) is 4.55. The van der Waals surface area contributed by atoms with Gasteiger partial charge in [-0.3, -0.25) is 9.59 Å². The topological polar surface area (TPSA) is 54.4 Å². The Bertz CT molecular complexity index is 733. The predicted molar refractivity (Wildman–Crippen MR) is 83.0 cm³/mol. The van der Waals surface area contributed by atoms with Gasteiger partial charge in [-0.25, -0.2) is 0 Å². The number of aromatic hydroxyl groups is 1. The summed E-state index contributed by atoms with van der Waals surface area (Å²) in [4.78, 5) is 22.8. The molecule has 2 rings (SSSR count). The number of phenolic OH excluding ortho intramolecular Hbond substituents is 1. The van der Waals surface area contributed by atoms with Crippen molar-refractivity contribution in [2.75, 3.05) is 0 Å². The van der Waals surface area contributed by atoms with Crippen LogP contribution in [0.3, 0.4) is 0 Å². The maximum Gasteiger partial charge on any atom is 0.185 e. The molecule has 0 fully saturated rings. The van der Waals surface area contributed by atoms with Crippen LogP contribution in [0.2, 0.25) is 5.02 Å². The van der Waals surface area contributed by atoms with Gasteiger partial charge in [-0.1, -0.05) is 29.8 Å². The summed E-state index contributed by atoms with van der Waals surface area (Å²) < 4.78 is 0. The van der Waals surface area contributed by atoms with Gasteiger partial charge in [-0.2, -0.15) is 0 Å². The van der Waals surface area contributed by atoms with Gasteiger partial charge in [0.15, 0.2) is 12.1 Å². The normalized spacial score (nSPS) is 10.8. The van der Waals surface area contributed by atoms with E-state index in [0.29, 0.717) is 16.9 Å². The zero-order chi connectivity index (χ0) is 15.4. The standard InChI is InChI=1S/C17H13ClO3/c1-11-2-3-12(8-15(11)18)4-6-16(20)13-5-7-17(21)14(9-13)10-19/h2-10,21H,1H3/b6-4+. The van der Waals surface area contributed by atoms with Crippen molar-refractivity contribution in [3.8, 4) is 5.75 Å². The number of aryl methyl sites for hydroxylation is 1. The molecule has 0 aliphatic rings. The van der Waals surface area contributed by atoms with Gasteiger partial charge in [-0.05, 0) is 48.4 Å². The molecule has 0 saturated heterocycles. The third kappa shape index (κ3) is 3.58. The summed E-state index contributed by atoms with van der Waals surface area (Å²) in [5, 5.41) is 10.0. The molecule has 3 nitrogen and oxygen atoms in total. The second kappa shape index (κ2) is 6.37. The lowest BCUT2D eigenvalue weighted by atomic mass is 10.1. The molecule has 0 unspecified atom stereocenters. The molecule has 1 N–H and O–H groups in total. The molecule has 2 aromatic carbocycles. The number of carbonyl (C=O) groups is 2. The van der Waals surface area contributed by atoms with Gasteiger partial charge in [0, 0.05) is 10.6 Å². The van der Waals surface area contributed by atoms with Crippen LogP contribution in [-0.2, 0) is 0 Å². The third-order valence-electron chi connectivity index (χ3n) is 3.06. The largest absolute Gasteiger partial charge is 0.507 e. The lowest BCUT2D eigenvalue weighted by Gasteiger charge is -2.01. The van der Waals surface area contributed by atoms with Gasteiger partial charge >= 0.3 is 0 Å². The second-order valence-electron chi connectivity index (χ2n) is 4.60. The summed E-state index contributed by atoms with van der Waals surface area (Å²) in [6.45, 7) is 1.90. The average molecular weight is 301 g/mol. The summed E-state index contributed by atoms with van der Waals surface area (Å²) in [6.07, 6.45) is 3.57. The zero-order valence-electron chi connectivity index (χ0n) is 11.3. The molecule has 106 valence electrons. The fourth-order valence-corrected chi connectivity index (χ4v) is 1.97. The van der Waals surface area contributed by atoms with Gasteiger partial charge in [0.05, 0.1) is 5.56 Å². The van der Waals surface area contributed by atoms with Crippen LogP contribution in [0, 0.1) is 6.92 Å². The number of allylic oxidation sites excluding steroid dienone is 1. The van der Waals surface area contributed by atoms with Crippen molar-refractivity contribution < 1.29 is 14.7 Å². The first-order valence-electron chi connectivity index (χ1n) is 6.28. The summed E-state index contributed by atoms with van der Waals surface area (Å²) in [5.74, 6) is -0.398. The monoisotopic (exact) mass is 300 g/mol. The van der Waals surface area contributed by atoms with E-state index in [9.17, 15) is 14.7 Å². The fraction of sp³-hybridized carbons (Fsp3) is 0.0588. The average Bonchev–Trinajstić information content (AvgIpc) is 2.48. The first-order valence-corrected chi connectivity index (χ1v) is 6.66. The van der Waals surface area contributed by atoms with E-state index in [1.165, 1.54) is 24.3 Å². The predicted octanol–water partition coefficient (Wildman–Crippen LogP) is 4.06. The highest BCUT2D eigenvalue weighted by molar-refractivity contribution is 6.31. The molecule has 0 aromatic heterocycles. The Morgan fingerprint density at radius 1 is 1.19 bits per heavy atom. The smallest absolute Gasteiger partial charge is 0.185 e. The van der Waals surface area contributed by atoms with Crippen molar-refractivity contribution in [3.05, 3.63) is 69.8 Å². The lowest BCUT2D eigenvalue weighted by Crippen LogP contribution is -1.95. The van der Waals surface area contributed by atoms with E-state index in [-0.39, 0.29) is 17.1 Å². The van der Waals surface area contributed by atoms with E-state index in [0.717, 1.165) is 11.1 Å². The SMILES string of the molecule is Cc1ccc(/C=C/C(=O)c2ccc(O)c(C=O)c2)cc1Cl. The van der Waals surface area contributed by atoms with E-state index in [1.54, 1.807) is 12.1 Å². The maximum absolute atomic E-state index is 12.0. The molecule has 0 amide bonds. The highest BCUT2D eigenvalue weighted by Gasteiger charge is 2.06. The molecule has 0 atom stereocenters. The van der Waals surface area contributed by atoms with Gasteiger partial charge in [-0.15, -0.1) is 0 Å². The molecule has 0 radical (unpaired) electrons. The zero-order valence-corrected chi connectivity index (χ0v) is 12.1. The first kappa shape index (κ1) is 15.0. The molecule has 0 aliphatic carbocycles. The summed E-state index contributed by atoms with van der Waals surface area (Å²) >= 11 is 6.02. The van der Waals surface area contributed by atoms with Crippen LogP contribution in [0.25, 0.3) is 6.08 Å². The molecular formula is C17H13ClO3. The Morgan fingerprint density at radius 3 is 2.62 bits per heavy atom. The molecular weight excluding hydrogens is 288 g/mol. The summed E-state index contributed by atoms with van der Waals surface area (Å²) in [7, 11) is 0. The number of benzene rings is 2. The number of hydrogen-bond acceptors (Lipinski definition) is 3.